The summed E-state index contributed by atoms with van der Waals surface area (Å²) in [7, 11) is 0. The van der Waals surface area contributed by atoms with Crippen molar-refractivity contribution in [1.29, 1.82) is 0 Å². The van der Waals surface area contributed by atoms with Crippen LogP contribution >= 0.6 is 0 Å². The van der Waals surface area contributed by atoms with E-state index < -0.39 is 23.4 Å². The lowest BCUT2D eigenvalue weighted by Crippen LogP contribution is -2.57. The Morgan fingerprint density at radius 1 is 0.840 bits per heavy atom. The van der Waals surface area contributed by atoms with Crippen LogP contribution in [0.2, 0.25) is 0 Å². The highest BCUT2D eigenvalue weighted by Gasteiger charge is 2.50. The zero-order valence-corrected chi connectivity index (χ0v) is 15.7. The molecule has 0 saturated carbocycles. The van der Waals surface area contributed by atoms with Crippen LogP contribution < -0.4 is 16.4 Å². The van der Waals surface area contributed by atoms with Crippen LogP contribution in [0.4, 0.5) is 4.79 Å². The Kier molecular flexibility index (Phi) is 10.2. The van der Waals surface area contributed by atoms with E-state index in [0.29, 0.717) is 6.42 Å². The first-order chi connectivity index (χ1) is 12.0. The molecule has 1 saturated heterocycles. The Bertz CT molecular complexity index is 440. The molecule has 0 aliphatic carbocycles. The number of unbranched alkanes of at least 4 members (excludes halogenated alkanes) is 12. The van der Waals surface area contributed by atoms with Gasteiger partial charge in [-0.1, -0.05) is 90.4 Å². The van der Waals surface area contributed by atoms with Crippen LogP contribution in [0.25, 0.3) is 0 Å². The van der Waals surface area contributed by atoms with Gasteiger partial charge in [0.15, 0.2) is 5.54 Å². The van der Waals surface area contributed by atoms with Crippen molar-refractivity contribution in [3.63, 3.8) is 0 Å². The molecule has 0 aromatic heterocycles. The van der Waals surface area contributed by atoms with Gasteiger partial charge >= 0.3 is 6.03 Å². The monoisotopic (exact) mass is 353 g/mol. The molecular formula is C19H35N3O3. The number of carbonyl (C=O) groups excluding carboxylic acids is 3. The third kappa shape index (κ3) is 7.45. The molecule has 4 amide bonds. The van der Waals surface area contributed by atoms with E-state index in [0.717, 1.165) is 12.8 Å². The van der Waals surface area contributed by atoms with Crippen LogP contribution in [-0.2, 0) is 9.59 Å². The van der Waals surface area contributed by atoms with Gasteiger partial charge in [-0.15, -0.1) is 0 Å². The Morgan fingerprint density at radius 2 is 1.28 bits per heavy atom. The molecule has 4 N–H and O–H groups in total. The largest absolute Gasteiger partial charge is 0.367 e. The summed E-state index contributed by atoms with van der Waals surface area (Å²) in [5, 5.41) is 4.48. The SMILES string of the molecule is CCCCCCCCCCCCCCCC1(C(N)=O)NC(=O)NC1=O. The van der Waals surface area contributed by atoms with Gasteiger partial charge in [0.05, 0.1) is 0 Å². The van der Waals surface area contributed by atoms with Crippen LogP contribution in [-0.4, -0.2) is 23.4 Å². The van der Waals surface area contributed by atoms with Crippen molar-refractivity contribution in [3.8, 4) is 0 Å². The Balaban J connectivity index is 2.00. The predicted molar refractivity (Wildman–Crippen MR) is 98.9 cm³/mol. The summed E-state index contributed by atoms with van der Waals surface area (Å²) in [6.45, 7) is 2.24. The van der Waals surface area contributed by atoms with E-state index in [9.17, 15) is 14.4 Å². The minimum absolute atomic E-state index is 0.275. The molecule has 1 heterocycles. The molecule has 1 fully saturated rings. The van der Waals surface area contributed by atoms with E-state index >= 15 is 0 Å². The van der Waals surface area contributed by atoms with Crippen LogP contribution in [0.15, 0.2) is 0 Å². The number of carbonyl (C=O) groups is 3. The molecule has 1 rings (SSSR count). The first kappa shape index (κ1) is 21.5. The van der Waals surface area contributed by atoms with E-state index in [-0.39, 0.29) is 6.42 Å². The Labute approximate surface area is 151 Å². The molecule has 6 heteroatoms. The maximum Gasteiger partial charge on any atom is 0.322 e. The number of hydrogen-bond acceptors (Lipinski definition) is 3. The van der Waals surface area contributed by atoms with Crippen molar-refractivity contribution >= 4 is 17.8 Å². The van der Waals surface area contributed by atoms with E-state index in [1.165, 1.54) is 64.2 Å². The number of rotatable bonds is 15. The van der Waals surface area contributed by atoms with E-state index in [1.807, 2.05) is 0 Å². The minimum Gasteiger partial charge on any atom is -0.367 e. The standard InChI is InChI=1S/C19H35N3O3/c1-2-3-4-5-6-7-8-9-10-11-12-13-14-15-19(16(20)23)17(24)21-18(25)22-19/h2-15H2,1H3,(H2,20,23)(H2,21,22,24,25). The topological polar surface area (TPSA) is 101 Å². The number of nitrogens with one attached hydrogen (secondary N) is 2. The van der Waals surface area contributed by atoms with Crippen molar-refractivity contribution in [1.82, 2.24) is 10.6 Å². The smallest absolute Gasteiger partial charge is 0.322 e. The number of imide groups is 1. The summed E-state index contributed by atoms with van der Waals surface area (Å²) < 4.78 is 0. The molecule has 0 aromatic carbocycles. The van der Waals surface area contributed by atoms with E-state index in [4.69, 9.17) is 5.73 Å². The minimum atomic E-state index is -1.55. The number of urea groups is 1. The summed E-state index contributed by atoms with van der Waals surface area (Å²) in [4.78, 5) is 34.6. The van der Waals surface area contributed by atoms with Gasteiger partial charge in [0, 0.05) is 0 Å². The molecule has 0 aromatic rings. The van der Waals surface area contributed by atoms with Crippen LogP contribution in [0.5, 0.6) is 0 Å². The highest BCUT2D eigenvalue weighted by atomic mass is 16.2. The van der Waals surface area contributed by atoms with Crippen molar-refractivity contribution in [2.45, 2.75) is 102 Å². The molecule has 1 atom stereocenters. The number of hydrogen-bond donors (Lipinski definition) is 3. The Hall–Kier alpha value is -1.59. The van der Waals surface area contributed by atoms with Gasteiger partial charge in [0.1, 0.15) is 0 Å². The number of primary amides is 1. The highest BCUT2D eigenvalue weighted by molar-refractivity contribution is 6.19. The van der Waals surface area contributed by atoms with Gasteiger partial charge < -0.3 is 11.1 Å². The maximum absolute atomic E-state index is 11.8. The van der Waals surface area contributed by atoms with Crippen LogP contribution in [0, 0.1) is 0 Å². The van der Waals surface area contributed by atoms with Gasteiger partial charge in [-0.3, -0.25) is 14.9 Å². The fraction of sp³-hybridized carbons (Fsp3) is 0.842. The van der Waals surface area contributed by atoms with E-state index in [2.05, 4.69) is 17.6 Å². The predicted octanol–water partition coefficient (Wildman–Crippen LogP) is 3.53. The summed E-state index contributed by atoms with van der Waals surface area (Å²) in [6.07, 6.45) is 16.2. The van der Waals surface area contributed by atoms with Gasteiger partial charge in [0.25, 0.3) is 11.8 Å². The summed E-state index contributed by atoms with van der Waals surface area (Å²) in [5.41, 5.74) is 3.77. The maximum atomic E-state index is 11.8. The molecule has 1 aliphatic heterocycles. The number of amides is 4. The van der Waals surface area contributed by atoms with Gasteiger partial charge in [-0.05, 0) is 6.42 Å². The molecule has 0 radical (unpaired) electrons. The first-order valence-electron chi connectivity index (χ1n) is 9.96. The fourth-order valence-electron chi connectivity index (χ4n) is 3.37. The zero-order chi connectivity index (χ0) is 18.5. The van der Waals surface area contributed by atoms with E-state index in [1.54, 1.807) is 0 Å². The summed E-state index contributed by atoms with van der Waals surface area (Å²) >= 11 is 0. The summed E-state index contributed by atoms with van der Waals surface area (Å²) in [6, 6.07) is -0.640. The second-order valence-electron chi connectivity index (χ2n) is 7.17. The quantitative estimate of drug-likeness (QED) is 0.238. The van der Waals surface area contributed by atoms with Gasteiger partial charge in [-0.25, -0.2) is 4.79 Å². The molecule has 0 spiro atoms. The van der Waals surface area contributed by atoms with Crippen LogP contribution in [0.3, 0.4) is 0 Å². The third-order valence-corrected chi connectivity index (χ3v) is 5.02. The third-order valence-electron chi connectivity index (χ3n) is 5.02. The lowest BCUT2D eigenvalue weighted by Gasteiger charge is -2.21. The highest BCUT2D eigenvalue weighted by Crippen LogP contribution is 2.20. The molecule has 144 valence electrons. The lowest BCUT2D eigenvalue weighted by atomic mass is 9.91. The van der Waals surface area contributed by atoms with Crippen molar-refractivity contribution in [3.05, 3.63) is 0 Å². The average molecular weight is 354 g/mol. The zero-order valence-electron chi connectivity index (χ0n) is 15.7. The normalized spacial score (nSPS) is 19.7. The fourth-order valence-corrected chi connectivity index (χ4v) is 3.37. The molecule has 25 heavy (non-hydrogen) atoms. The molecule has 1 unspecified atom stereocenters. The lowest BCUT2D eigenvalue weighted by molar-refractivity contribution is -0.134. The molecule has 0 bridgehead atoms. The van der Waals surface area contributed by atoms with Crippen molar-refractivity contribution in [2.75, 3.05) is 0 Å². The Morgan fingerprint density at radius 3 is 1.64 bits per heavy atom. The van der Waals surface area contributed by atoms with Gasteiger partial charge in [-0.2, -0.15) is 0 Å². The molecule has 6 nitrogen and oxygen atoms in total. The van der Waals surface area contributed by atoms with Crippen molar-refractivity contribution in [2.24, 2.45) is 5.73 Å². The second-order valence-corrected chi connectivity index (χ2v) is 7.17. The van der Waals surface area contributed by atoms with Crippen LogP contribution in [0.1, 0.15) is 96.8 Å². The summed E-state index contributed by atoms with van der Waals surface area (Å²) in [5.74, 6) is -1.40. The van der Waals surface area contributed by atoms with Gasteiger partial charge in [0.2, 0.25) is 0 Å². The molecule has 1 aliphatic rings. The molecular weight excluding hydrogens is 318 g/mol. The number of nitrogens with two attached hydrogens (primary N) is 1. The second kappa shape index (κ2) is 11.9. The van der Waals surface area contributed by atoms with Crippen molar-refractivity contribution < 1.29 is 14.4 Å². The average Bonchev–Trinajstić information content (AvgIpc) is 2.86. The first-order valence-corrected chi connectivity index (χ1v) is 9.96.